The zero-order valence-electron chi connectivity index (χ0n) is 12.4. The lowest BCUT2D eigenvalue weighted by molar-refractivity contribution is 0.0242. The molecule has 1 aliphatic rings. The Morgan fingerprint density at radius 1 is 1.40 bits per heavy atom. The van der Waals surface area contributed by atoms with Crippen LogP contribution in [0, 0.1) is 13.8 Å². The normalized spacial score (nSPS) is 21.7. The van der Waals surface area contributed by atoms with Crippen molar-refractivity contribution in [2.75, 3.05) is 26.2 Å². The molecule has 1 fully saturated rings. The van der Waals surface area contributed by atoms with E-state index in [4.69, 9.17) is 4.74 Å². The van der Waals surface area contributed by atoms with Gasteiger partial charge < -0.3 is 14.9 Å². The number of benzene rings is 1. The monoisotopic (exact) mass is 279 g/mol. The molecule has 1 saturated heterocycles. The minimum absolute atomic E-state index is 0.254. The molecule has 0 saturated carbocycles. The number of likely N-dealkylation sites (tertiary alicyclic amines) is 1. The number of hydrogen-bond acceptors (Lipinski definition) is 4. The quantitative estimate of drug-likeness (QED) is 0.857. The SMILES string of the molecule is Cc1ccc(C)c(OC[C@H](O)CN2CCC[C@H](O)C2)c1. The molecule has 0 unspecified atom stereocenters. The van der Waals surface area contributed by atoms with Crippen molar-refractivity contribution >= 4 is 0 Å². The maximum Gasteiger partial charge on any atom is 0.122 e. The number of β-amino-alcohol motifs (C(OH)–C–C–N with tert-alkyl or cyclic N) is 2. The number of piperidine rings is 1. The van der Waals surface area contributed by atoms with E-state index in [1.807, 2.05) is 32.0 Å². The smallest absolute Gasteiger partial charge is 0.122 e. The van der Waals surface area contributed by atoms with Gasteiger partial charge in [0.1, 0.15) is 18.5 Å². The Morgan fingerprint density at radius 2 is 2.20 bits per heavy atom. The van der Waals surface area contributed by atoms with Crippen LogP contribution >= 0.6 is 0 Å². The number of aliphatic hydroxyl groups excluding tert-OH is 2. The Kier molecular flexibility index (Phi) is 5.40. The highest BCUT2D eigenvalue weighted by molar-refractivity contribution is 5.35. The summed E-state index contributed by atoms with van der Waals surface area (Å²) in [6, 6.07) is 6.07. The fourth-order valence-corrected chi connectivity index (χ4v) is 2.60. The number of hydrogen-bond donors (Lipinski definition) is 2. The summed E-state index contributed by atoms with van der Waals surface area (Å²) in [5.41, 5.74) is 2.23. The van der Waals surface area contributed by atoms with E-state index in [0.29, 0.717) is 13.1 Å². The van der Waals surface area contributed by atoms with Crippen molar-refractivity contribution in [1.82, 2.24) is 4.90 Å². The molecular weight excluding hydrogens is 254 g/mol. The molecule has 20 heavy (non-hydrogen) atoms. The van der Waals surface area contributed by atoms with Crippen LogP contribution in [-0.2, 0) is 0 Å². The van der Waals surface area contributed by atoms with Gasteiger partial charge in [-0.1, -0.05) is 12.1 Å². The summed E-state index contributed by atoms with van der Waals surface area (Å²) < 4.78 is 5.71. The van der Waals surface area contributed by atoms with Gasteiger partial charge in [0.2, 0.25) is 0 Å². The second kappa shape index (κ2) is 7.07. The van der Waals surface area contributed by atoms with Gasteiger partial charge >= 0.3 is 0 Å². The van der Waals surface area contributed by atoms with Crippen LogP contribution in [0.5, 0.6) is 5.75 Å². The van der Waals surface area contributed by atoms with Gasteiger partial charge in [0.05, 0.1) is 6.10 Å². The summed E-state index contributed by atoms with van der Waals surface area (Å²) in [5.74, 6) is 0.836. The van der Waals surface area contributed by atoms with E-state index in [2.05, 4.69) is 4.90 Å². The zero-order chi connectivity index (χ0) is 14.5. The Balaban J connectivity index is 1.79. The Hall–Kier alpha value is -1.10. The number of nitrogens with zero attached hydrogens (tertiary/aromatic N) is 1. The van der Waals surface area contributed by atoms with Gasteiger partial charge in [-0.15, -0.1) is 0 Å². The Bertz CT molecular complexity index is 436. The van der Waals surface area contributed by atoms with Gasteiger partial charge in [0.25, 0.3) is 0 Å². The topological polar surface area (TPSA) is 52.9 Å². The van der Waals surface area contributed by atoms with Crippen molar-refractivity contribution < 1.29 is 14.9 Å². The second-order valence-corrected chi connectivity index (χ2v) is 5.79. The second-order valence-electron chi connectivity index (χ2n) is 5.79. The van der Waals surface area contributed by atoms with Crippen molar-refractivity contribution in [2.24, 2.45) is 0 Å². The van der Waals surface area contributed by atoms with Crippen LogP contribution in [0.1, 0.15) is 24.0 Å². The van der Waals surface area contributed by atoms with Gasteiger partial charge in [-0.25, -0.2) is 0 Å². The van der Waals surface area contributed by atoms with Crippen molar-refractivity contribution in [1.29, 1.82) is 0 Å². The molecule has 2 rings (SSSR count). The van der Waals surface area contributed by atoms with E-state index in [9.17, 15) is 10.2 Å². The molecule has 2 N–H and O–H groups in total. The summed E-state index contributed by atoms with van der Waals surface area (Å²) in [6.07, 6.45) is 1.08. The molecule has 4 heteroatoms. The highest BCUT2D eigenvalue weighted by Crippen LogP contribution is 2.19. The van der Waals surface area contributed by atoms with Gasteiger partial charge in [-0.2, -0.15) is 0 Å². The summed E-state index contributed by atoms with van der Waals surface area (Å²) >= 11 is 0. The van der Waals surface area contributed by atoms with E-state index < -0.39 is 6.10 Å². The summed E-state index contributed by atoms with van der Waals surface area (Å²) in [7, 11) is 0. The minimum atomic E-state index is -0.528. The van der Waals surface area contributed by atoms with Crippen LogP contribution in [0.25, 0.3) is 0 Å². The van der Waals surface area contributed by atoms with Crippen molar-refractivity contribution in [2.45, 2.75) is 38.9 Å². The number of rotatable bonds is 5. The van der Waals surface area contributed by atoms with Crippen LogP contribution in [0.15, 0.2) is 18.2 Å². The summed E-state index contributed by atoms with van der Waals surface area (Å²) in [4.78, 5) is 2.10. The third kappa shape index (κ3) is 4.47. The molecule has 0 aliphatic carbocycles. The fourth-order valence-electron chi connectivity index (χ4n) is 2.60. The predicted octanol–water partition coefficient (Wildman–Crippen LogP) is 1.50. The lowest BCUT2D eigenvalue weighted by atomic mass is 10.1. The average molecular weight is 279 g/mol. The highest BCUT2D eigenvalue weighted by Gasteiger charge is 2.20. The molecule has 0 aromatic heterocycles. The Morgan fingerprint density at radius 3 is 2.95 bits per heavy atom. The summed E-state index contributed by atoms with van der Waals surface area (Å²) in [5, 5.41) is 19.7. The zero-order valence-corrected chi connectivity index (χ0v) is 12.4. The van der Waals surface area contributed by atoms with Gasteiger partial charge in [-0.05, 0) is 50.4 Å². The van der Waals surface area contributed by atoms with E-state index in [1.54, 1.807) is 0 Å². The fraction of sp³-hybridized carbons (Fsp3) is 0.625. The first kappa shape index (κ1) is 15.3. The lowest BCUT2D eigenvalue weighted by Gasteiger charge is -2.31. The van der Waals surface area contributed by atoms with Gasteiger partial charge in [0, 0.05) is 13.1 Å². The lowest BCUT2D eigenvalue weighted by Crippen LogP contribution is -2.43. The molecule has 112 valence electrons. The maximum atomic E-state index is 10.1. The van der Waals surface area contributed by atoms with Crippen LogP contribution in [0.2, 0.25) is 0 Å². The molecule has 1 aromatic rings. The molecule has 0 spiro atoms. The summed E-state index contributed by atoms with van der Waals surface area (Å²) in [6.45, 7) is 6.47. The van der Waals surface area contributed by atoms with Crippen LogP contribution in [0.3, 0.4) is 0 Å². The third-order valence-electron chi connectivity index (χ3n) is 3.72. The van der Waals surface area contributed by atoms with Gasteiger partial charge in [-0.3, -0.25) is 4.90 Å². The van der Waals surface area contributed by atoms with Crippen LogP contribution in [-0.4, -0.2) is 53.6 Å². The number of ether oxygens (including phenoxy) is 1. The first-order valence-electron chi connectivity index (χ1n) is 7.33. The highest BCUT2D eigenvalue weighted by atomic mass is 16.5. The van der Waals surface area contributed by atoms with Crippen molar-refractivity contribution in [3.63, 3.8) is 0 Å². The standard InChI is InChI=1S/C16H25NO3/c1-12-5-6-13(2)16(8-12)20-11-15(19)10-17-7-3-4-14(18)9-17/h5-6,8,14-15,18-19H,3-4,7,9-11H2,1-2H3/t14-,15+/m0/s1. The first-order valence-corrected chi connectivity index (χ1v) is 7.33. The van der Waals surface area contributed by atoms with E-state index >= 15 is 0 Å². The molecule has 0 bridgehead atoms. The first-order chi connectivity index (χ1) is 9.54. The molecule has 0 radical (unpaired) electrons. The van der Waals surface area contributed by atoms with Crippen LogP contribution in [0.4, 0.5) is 0 Å². The molecule has 1 heterocycles. The van der Waals surface area contributed by atoms with E-state index in [-0.39, 0.29) is 12.7 Å². The van der Waals surface area contributed by atoms with Crippen LogP contribution < -0.4 is 4.74 Å². The third-order valence-corrected chi connectivity index (χ3v) is 3.72. The predicted molar refractivity (Wildman–Crippen MR) is 79.1 cm³/mol. The molecule has 2 atom stereocenters. The molecule has 4 nitrogen and oxygen atoms in total. The molecular formula is C16H25NO3. The minimum Gasteiger partial charge on any atom is -0.491 e. The average Bonchev–Trinajstić information content (AvgIpc) is 2.40. The largest absolute Gasteiger partial charge is 0.491 e. The van der Waals surface area contributed by atoms with E-state index in [1.165, 1.54) is 0 Å². The van der Waals surface area contributed by atoms with Crippen molar-refractivity contribution in [3.8, 4) is 5.75 Å². The maximum absolute atomic E-state index is 10.1. The number of aryl methyl sites for hydroxylation is 2. The van der Waals surface area contributed by atoms with Gasteiger partial charge in [0.15, 0.2) is 0 Å². The van der Waals surface area contributed by atoms with E-state index in [0.717, 1.165) is 36.3 Å². The van der Waals surface area contributed by atoms with Crippen molar-refractivity contribution in [3.05, 3.63) is 29.3 Å². The number of aliphatic hydroxyl groups is 2. The molecule has 1 aromatic carbocycles. The Labute approximate surface area is 121 Å². The molecule has 1 aliphatic heterocycles. The molecule has 0 amide bonds.